The van der Waals surface area contributed by atoms with E-state index in [1.165, 1.54) is 18.3 Å². The first kappa shape index (κ1) is 12.6. The summed E-state index contributed by atoms with van der Waals surface area (Å²) in [5.74, 6) is -1.35. The van der Waals surface area contributed by atoms with Crippen LogP contribution in [0.15, 0.2) is 18.3 Å². The predicted molar refractivity (Wildman–Crippen MR) is 65.5 cm³/mol. The fraction of sp³-hybridized carbons (Fsp3) is 0.308. The van der Waals surface area contributed by atoms with Crippen LogP contribution in [0.25, 0.3) is 10.9 Å². The van der Waals surface area contributed by atoms with Crippen molar-refractivity contribution in [3.63, 3.8) is 0 Å². The van der Waals surface area contributed by atoms with E-state index < -0.39 is 5.97 Å². The van der Waals surface area contributed by atoms with Gasteiger partial charge in [-0.2, -0.15) is 0 Å². The SMILES string of the molecule is COCCn1cc(C(=O)O)c2ccc(F)c(C)c21. The van der Waals surface area contributed by atoms with E-state index in [4.69, 9.17) is 9.84 Å². The quantitative estimate of drug-likeness (QED) is 0.908. The molecule has 18 heavy (non-hydrogen) atoms. The molecule has 0 saturated carbocycles. The minimum absolute atomic E-state index is 0.184. The minimum Gasteiger partial charge on any atom is -0.478 e. The molecule has 96 valence electrons. The number of hydrogen-bond acceptors (Lipinski definition) is 2. The lowest BCUT2D eigenvalue weighted by Gasteiger charge is -2.07. The topological polar surface area (TPSA) is 51.5 Å². The summed E-state index contributed by atoms with van der Waals surface area (Å²) in [5.41, 5.74) is 1.25. The number of nitrogens with zero attached hydrogens (tertiary/aromatic N) is 1. The Balaban J connectivity index is 2.69. The number of rotatable bonds is 4. The number of carboxylic acids is 1. The Morgan fingerprint density at radius 3 is 2.83 bits per heavy atom. The van der Waals surface area contributed by atoms with Crippen LogP contribution < -0.4 is 0 Å². The van der Waals surface area contributed by atoms with Gasteiger partial charge in [0.1, 0.15) is 5.82 Å². The second-order valence-electron chi connectivity index (χ2n) is 4.10. The lowest BCUT2D eigenvalue weighted by molar-refractivity contribution is 0.0698. The van der Waals surface area contributed by atoms with E-state index in [0.717, 1.165) is 0 Å². The molecule has 0 atom stereocenters. The van der Waals surface area contributed by atoms with Crippen LogP contribution in [0.1, 0.15) is 15.9 Å². The number of aryl methyl sites for hydroxylation is 1. The van der Waals surface area contributed by atoms with Gasteiger partial charge in [0, 0.05) is 30.8 Å². The smallest absolute Gasteiger partial charge is 0.337 e. The van der Waals surface area contributed by atoms with Gasteiger partial charge in [-0.05, 0) is 19.1 Å². The summed E-state index contributed by atoms with van der Waals surface area (Å²) in [6.45, 7) is 2.58. The van der Waals surface area contributed by atoms with Crippen molar-refractivity contribution in [2.24, 2.45) is 0 Å². The standard InChI is InChI=1S/C13H14FNO3/c1-8-11(14)4-3-9-10(13(16)17)7-15(12(8)9)5-6-18-2/h3-4,7H,5-6H2,1-2H3,(H,16,17). The highest BCUT2D eigenvalue weighted by Gasteiger charge is 2.17. The van der Waals surface area contributed by atoms with Crippen molar-refractivity contribution in [2.45, 2.75) is 13.5 Å². The number of carbonyl (C=O) groups is 1. The van der Waals surface area contributed by atoms with Gasteiger partial charge in [-0.1, -0.05) is 0 Å². The fourth-order valence-electron chi connectivity index (χ4n) is 2.09. The number of fused-ring (bicyclic) bond motifs is 1. The Bertz CT molecular complexity index is 604. The molecule has 4 nitrogen and oxygen atoms in total. The van der Waals surface area contributed by atoms with Crippen LogP contribution in [-0.4, -0.2) is 29.4 Å². The largest absolute Gasteiger partial charge is 0.478 e. The maximum Gasteiger partial charge on any atom is 0.337 e. The molecular weight excluding hydrogens is 237 g/mol. The van der Waals surface area contributed by atoms with E-state index in [-0.39, 0.29) is 11.4 Å². The normalized spacial score (nSPS) is 11.1. The second kappa shape index (κ2) is 4.78. The molecule has 0 bridgehead atoms. The number of ether oxygens (including phenoxy) is 1. The third kappa shape index (κ3) is 1.97. The van der Waals surface area contributed by atoms with Crippen molar-refractivity contribution in [1.82, 2.24) is 4.57 Å². The third-order valence-electron chi connectivity index (χ3n) is 2.99. The van der Waals surface area contributed by atoms with E-state index in [9.17, 15) is 9.18 Å². The maximum atomic E-state index is 13.6. The molecule has 0 aliphatic carbocycles. The highest BCUT2D eigenvalue weighted by molar-refractivity contribution is 6.04. The summed E-state index contributed by atoms with van der Waals surface area (Å²) in [5, 5.41) is 9.70. The average molecular weight is 251 g/mol. The van der Waals surface area contributed by atoms with Crippen LogP contribution in [-0.2, 0) is 11.3 Å². The molecule has 1 aromatic heterocycles. The Kier molecular flexibility index (Phi) is 3.34. The lowest BCUT2D eigenvalue weighted by Crippen LogP contribution is -2.04. The number of methoxy groups -OCH3 is 1. The highest BCUT2D eigenvalue weighted by Crippen LogP contribution is 2.26. The van der Waals surface area contributed by atoms with Gasteiger partial charge in [0.15, 0.2) is 0 Å². The van der Waals surface area contributed by atoms with Crippen molar-refractivity contribution >= 4 is 16.9 Å². The van der Waals surface area contributed by atoms with Gasteiger partial charge in [0.2, 0.25) is 0 Å². The number of carboxylic acid groups (broad SMARTS) is 1. The molecular formula is C13H14FNO3. The first-order chi connectivity index (χ1) is 8.56. The fourth-order valence-corrected chi connectivity index (χ4v) is 2.09. The molecule has 0 aliphatic rings. The number of hydrogen-bond donors (Lipinski definition) is 1. The zero-order valence-corrected chi connectivity index (χ0v) is 10.2. The number of aromatic carboxylic acids is 1. The molecule has 2 aromatic rings. The molecule has 0 spiro atoms. The molecule has 0 unspecified atom stereocenters. The van der Waals surface area contributed by atoms with Gasteiger partial charge >= 0.3 is 5.97 Å². The molecule has 0 amide bonds. The number of aromatic nitrogens is 1. The summed E-state index contributed by atoms with van der Waals surface area (Å²) < 4.78 is 20.3. The highest BCUT2D eigenvalue weighted by atomic mass is 19.1. The van der Waals surface area contributed by atoms with Crippen molar-refractivity contribution in [3.8, 4) is 0 Å². The Hall–Kier alpha value is -1.88. The maximum absolute atomic E-state index is 13.6. The molecule has 2 rings (SSSR count). The summed E-state index contributed by atoms with van der Waals surface area (Å²) in [4.78, 5) is 11.2. The first-order valence-electron chi connectivity index (χ1n) is 5.56. The van der Waals surface area contributed by atoms with Gasteiger partial charge < -0.3 is 14.4 Å². The minimum atomic E-state index is -1.01. The molecule has 1 N–H and O–H groups in total. The predicted octanol–water partition coefficient (Wildman–Crippen LogP) is 2.43. The van der Waals surface area contributed by atoms with Crippen molar-refractivity contribution in [3.05, 3.63) is 35.3 Å². The zero-order valence-electron chi connectivity index (χ0n) is 10.2. The Morgan fingerprint density at radius 1 is 1.50 bits per heavy atom. The van der Waals surface area contributed by atoms with Crippen molar-refractivity contribution in [2.75, 3.05) is 13.7 Å². The van der Waals surface area contributed by atoms with E-state index in [0.29, 0.717) is 29.6 Å². The number of halogens is 1. The van der Waals surface area contributed by atoms with Crippen molar-refractivity contribution in [1.29, 1.82) is 0 Å². The van der Waals surface area contributed by atoms with E-state index >= 15 is 0 Å². The van der Waals surface area contributed by atoms with Crippen LogP contribution in [0.3, 0.4) is 0 Å². The second-order valence-corrected chi connectivity index (χ2v) is 4.10. The van der Waals surface area contributed by atoms with E-state index in [2.05, 4.69) is 0 Å². The molecule has 0 saturated heterocycles. The molecule has 0 aliphatic heterocycles. The summed E-state index contributed by atoms with van der Waals surface area (Å²) in [6.07, 6.45) is 1.53. The Labute approximate surface area is 104 Å². The van der Waals surface area contributed by atoms with E-state index in [1.807, 2.05) is 0 Å². The van der Waals surface area contributed by atoms with Gasteiger partial charge in [0.05, 0.1) is 17.7 Å². The third-order valence-corrected chi connectivity index (χ3v) is 2.99. The van der Waals surface area contributed by atoms with Crippen LogP contribution in [0.5, 0.6) is 0 Å². The van der Waals surface area contributed by atoms with Gasteiger partial charge in [-0.25, -0.2) is 9.18 Å². The number of benzene rings is 1. The van der Waals surface area contributed by atoms with Gasteiger partial charge in [0.25, 0.3) is 0 Å². The monoisotopic (exact) mass is 251 g/mol. The summed E-state index contributed by atoms with van der Waals surface area (Å²) in [7, 11) is 1.57. The van der Waals surface area contributed by atoms with Gasteiger partial charge in [-0.15, -0.1) is 0 Å². The molecule has 1 aromatic carbocycles. The van der Waals surface area contributed by atoms with Crippen LogP contribution >= 0.6 is 0 Å². The van der Waals surface area contributed by atoms with Crippen LogP contribution in [0, 0.1) is 12.7 Å². The average Bonchev–Trinajstić information content (AvgIpc) is 2.71. The molecule has 5 heteroatoms. The van der Waals surface area contributed by atoms with Gasteiger partial charge in [-0.3, -0.25) is 0 Å². The van der Waals surface area contributed by atoms with Crippen molar-refractivity contribution < 1.29 is 19.0 Å². The zero-order chi connectivity index (χ0) is 13.3. The summed E-state index contributed by atoms with van der Waals surface area (Å²) in [6, 6.07) is 2.80. The van der Waals surface area contributed by atoms with E-state index in [1.54, 1.807) is 18.6 Å². The lowest BCUT2D eigenvalue weighted by atomic mass is 10.1. The van der Waals surface area contributed by atoms with Crippen LogP contribution in [0.4, 0.5) is 4.39 Å². The molecule has 0 fully saturated rings. The first-order valence-corrected chi connectivity index (χ1v) is 5.56. The van der Waals surface area contributed by atoms with Crippen LogP contribution in [0.2, 0.25) is 0 Å². The summed E-state index contributed by atoms with van der Waals surface area (Å²) >= 11 is 0. The Morgan fingerprint density at radius 2 is 2.22 bits per heavy atom. The molecule has 1 heterocycles. The molecule has 0 radical (unpaired) electrons.